The molecular formula is C30H32F3N7O4. The number of rotatable bonds is 4. The highest BCUT2D eigenvalue weighted by Crippen LogP contribution is 2.32. The molecule has 0 spiro atoms. The number of alkyl halides is 3. The molecule has 1 saturated heterocycles. The molecule has 14 heteroatoms. The normalized spacial score (nSPS) is 23.0. The zero-order chi connectivity index (χ0) is 31.6. The van der Waals surface area contributed by atoms with Crippen LogP contribution in [0.4, 0.5) is 13.2 Å². The Bertz CT molecular complexity index is 1540. The lowest BCUT2D eigenvalue weighted by Gasteiger charge is -2.29. The van der Waals surface area contributed by atoms with Crippen LogP contribution in [0.5, 0.6) is 0 Å². The monoisotopic (exact) mass is 611 g/mol. The van der Waals surface area contributed by atoms with E-state index < -0.39 is 65.5 Å². The predicted octanol–water partition coefficient (Wildman–Crippen LogP) is 2.25. The second-order valence-electron chi connectivity index (χ2n) is 11.3. The second-order valence-corrected chi connectivity index (χ2v) is 11.3. The van der Waals surface area contributed by atoms with E-state index in [0.29, 0.717) is 5.69 Å². The number of nitrogens with zero attached hydrogens (tertiary/aromatic N) is 4. The smallest absolute Gasteiger partial charge is 0.349 e. The van der Waals surface area contributed by atoms with Gasteiger partial charge in [-0.3, -0.25) is 19.2 Å². The largest absolute Gasteiger partial charge is 0.416 e. The first-order valence-corrected chi connectivity index (χ1v) is 14.2. The van der Waals surface area contributed by atoms with Crippen LogP contribution in [0.3, 0.4) is 0 Å². The Morgan fingerprint density at radius 3 is 2.45 bits per heavy atom. The molecule has 0 saturated carbocycles. The van der Waals surface area contributed by atoms with E-state index in [1.807, 2.05) is 30.3 Å². The molecule has 3 N–H and O–H groups in total. The molecule has 1 aromatic heterocycles. The topological polar surface area (TPSA) is 138 Å². The maximum Gasteiger partial charge on any atom is 0.416 e. The van der Waals surface area contributed by atoms with Crippen molar-refractivity contribution in [1.29, 1.82) is 0 Å². The molecule has 1 fully saturated rings. The van der Waals surface area contributed by atoms with Crippen molar-refractivity contribution >= 4 is 23.6 Å². The Hall–Kier alpha value is -4.75. The van der Waals surface area contributed by atoms with E-state index >= 15 is 0 Å². The molecule has 4 atom stereocenters. The van der Waals surface area contributed by atoms with Gasteiger partial charge in [0, 0.05) is 24.9 Å². The van der Waals surface area contributed by atoms with Crippen molar-refractivity contribution < 1.29 is 32.3 Å². The number of halogens is 3. The number of benzene rings is 2. The number of amides is 4. The molecule has 2 aliphatic heterocycles. The van der Waals surface area contributed by atoms with E-state index in [1.54, 1.807) is 20.0 Å². The fourth-order valence-corrected chi connectivity index (χ4v) is 5.45. The number of aromatic nitrogens is 3. The number of carbonyl (C=O) groups excluding carboxylic acids is 4. The van der Waals surface area contributed by atoms with E-state index in [4.69, 9.17) is 0 Å². The Morgan fingerprint density at radius 2 is 1.75 bits per heavy atom. The maximum absolute atomic E-state index is 13.8. The Labute approximate surface area is 251 Å². The zero-order valence-electron chi connectivity index (χ0n) is 24.0. The van der Waals surface area contributed by atoms with Gasteiger partial charge in [0.25, 0.3) is 5.91 Å². The molecule has 232 valence electrons. The van der Waals surface area contributed by atoms with Crippen molar-refractivity contribution in [1.82, 2.24) is 35.8 Å². The first-order chi connectivity index (χ1) is 20.9. The Morgan fingerprint density at radius 1 is 1.00 bits per heavy atom. The van der Waals surface area contributed by atoms with E-state index in [-0.39, 0.29) is 31.5 Å². The van der Waals surface area contributed by atoms with Gasteiger partial charge in [0.15, 0.2) is 0 Å². The minimum atomic E-state index is -4.66. The molecule has 0 unspecified atom stereocenters. The van der Waals surface area contributed by atoms with Crippen LogP contribution in [0.15, 0.2) is 60.8 Å². The molecule has 0 aliphatic carbocycles. The van der Waals surface area contributed by atoms with Crippen LogP contribution in [-0.2, 0) is 33.5 Å². The third-order valence-electron chi connectivity index (χ3n) is 7.82. The average Bonchev–Trinajstić information content (AvgIpc) is 3.65. The maximum atomic E-state index is 13.8. The predicted molar refractivity (Wildman–Crippen MR) is 151 cm³/mol. The lowest BCUT2D eigenvalue weighted by molar-refractivity contribution is -0.137. The summed E-state index contributed by atoms with van der Waals surface area (Å²) in [6.07, 6.45) is -2.81. The summed E-state index contributed by atoms with van der Waals surface area (Å²) in [6.45, 7) is 3.42. The van der Waals surface area contributed by atoms with E-state index in [9.17, 15) is 32.3 Å². The van der Waals surface area contributed by atoms with Gasteiger partial charge in [-0.2, -0.15) is 13.2 Å². The minimum Gasteiger partial charge on any atom is -0.349 e. The van der Waals surface area contributed by atoms with Gasteiger partial charge in [0.1, 0.15) is 23.8 Å². The Balaban J connectivity index is 1.47. The van der Waals surface area contributed by atoms with Crippen LogP contribution in [0, 0.1) is 5.92 Å². The van der Waals surface area contributed by atoms with Gasteiger partial charge in [-0.25, -0.2) is 4.68 Å². The van der Waals surface area contributed by atoms with Gasteiger partial charge in [-0.1, -0.05) is 55.5 Å². The molecule has 2 aliphatic rings. The second kappa shape index (κ2) is 12.5. The minimum absolute atomic E-state index is 0.00775. The van der Waals surface area contributed by atoms with Gasteiger partial charge in [-0.15, -0.1) is 5.10 Å². The fraction of sp³-hybridized carbons (Fsp3) is 0.400. The van der Waals surface area contributed by atoms with Crippen molar-refractivity contribution in [2.45, 2.75) is 63.6 Å². The molecule has 3 aromatic rings. The SMILES string of the molecule is CC(C)[C@@H]1NC(=O)[C@@H]2C[C@@H](CN2C(=O)c2cccc(C(F)(F)F)c2)n2cc(nn2)CNC(=O)[C@@H](Cc2ccccc2)NC1=O. The molecular weight excluding hydrogens is 579 g/mol. The van der Waals surface area contributed by atoms with Crippen molar-refractivity contribution in [3.8, 4) is 0 Å². The van der Waals surface area contributed by atoms with Gasteiger partial charge >= 0.3 is 6.18 Å². The molecule has 3 heterocycles. The molecule has 44 heavy (non-hydrogen) atoms. The van der Waals surface area contributed by atoms with Crippen LogP contribution in [0.1, 0.15) is 53.5 Å². The number of hydrogen-bond donors (Lipinski definition) is 3. The summed E-state index contributed by atoms with van der Waals surface area (Å²) in [7, 11) is 0. The van der Waals surface area contributed by atoms with Crippen molar-refractivity contribution in [2.75, 3.05) is 6.54 Å². The summed E-state index contributed by atoms with van der Waals surface area (Å²) in [4.78, 5) is 55.3. The van der Waals surface area contributed by atoms with Gasteiger partial charge in [-0.05, 0) is 29.7 Å². The van der Waals surface area contributed by atoms with Crippen LogP contribution in [0.2, 0.25) is 0 Å². The standard InChI is InChI=1S/C30H32F3N7O4/c1-17(2)25-28(43)35-23(11-18-7-4-3-5-8-18)26(41)34-14-21-15-40(38-37-21)22-13-24(27(42)36-25)39(16-22)29(44)19-9-6-10-20(12-19)30(31,32)33/h3-10,12,15,17,22-25H,11,13-14,16H2,1-2H3,(H,34,41)(H,35,43)(H,36,42)/t22-,23+,24-,25-/m0/s1. The third-order valence-corrected chi connectivity index (χ3v) is 7.82. The van der Waals surface area contributed by atoms with Crippen molar-refractivity contribution in [2.24, 2.45) is 5.92 Å². The fourth-order valence-electron chi connectivity index (χ4n) is 5.45. The first-order valence-electron chi connectivity index (χ1n) is 14.2. The summed E-state index contributed by atoms with van der Waals surface area (Å²) in [5.41, 5.74) is 0.000389. The van der Waals surface area contributed by atoms with Gasteiger partial charge in [0.2, 0.25) is 17.7 Å². The highest BCUT2D eigenvalue weighted by Gasteiger charge is 2.43. The summed E-state index contributed by atoms with van der Waals surface area (Å²) < 4.78 is 41.7. The van der Waals surface area contributed by atoms with Gasteiger partial charge in [0.05, 0.1) is 24.3 Å². The van der Waals surface area contributed by atoms with E-state index in [1.165, 1.54) is 15.6 Å². The molecule has 5 rings (SSSR count). The summed E-state index contributed by atoms with van der Waals surface area (Å²) in [6, 6.07) is 9.45. The van der Waals surface area contributed by atoms with Crippen LogP contribution in [-0.4, -0.2) is 68.2 Å². The summed E-state index contributed by atoms with van der Waals surface area (Å²) in [5, 5.41) is 16.5. The number of hydrogen-bond acceptors (Lipinski definition) is 6. The van der Waals surface area contributed by atoms with Crippen LogP contribution >= 0.6 is 0 Å². The number of fused-ring (bicyclic) bond motifs is 5. The quantitative estimate of drug-likeness (QED) is 0.414. The molecule has 4 amide bonds. The van der Waals surface area contributed by atoms with Crippen molar-refractivity contribution in [3.05, 3.63) is 83.2 Å². The molecule has 0 radical (unpaired) electrons. The number of carbonyl (C=O) groups is 4. The van der Waals surface area contributed by atoms with E-state index in [0.717, 1.165) is 23.8 Å². The molecule has 2 aromatic carbocycles. The lowest BCUT2D eigenvalue weighted by Crippen LogP contribution is -2.58. The highest BCUT2D eigenvalue weighted by atomic mass is 19.4. The average molecular weight is 612 g/mol. The number of nitrogens with one attached hydrogen (secondary N) is 3. The number of likely N-dealkylation sites (tertiary alicyclic amines) is 1. The van der Waals surface area contributed by atoms with E-state index in [2.05, 4.69) is 26.3 Å². The van der Waals surface area contributed by atoms with Crippen molar-refractivity contribution in [3.63, 3.8) is 0 Å². The zero-order valence-corrected chi connectivity index (χ0v) is 24.0. The first kappa shape index (κ1) is 30.7. The lowest BCUT2D eigenvalue weighted by atomic mass is 10.00. The molecule has 4 bridgehead atoms. The van der Waals surface area contributed by atoms with Crippen LogP contribution in [0.25, 0.3) is 0 Å². The third kappa shape index (κ3) is 6.74. The summed E-state index contributed by atoms with van der Waals surface area (Å²) in [5.74, 6) is -2.85. The van der Waals surface area contributed by atoms with Gasteiger partial charge < -0.3 is 20.9 Å². The molecule has 11 nitrogen and oxygen atoms in total. The van der Waals surface area contributed by atoms with Crippen LogP contribution < -0.4 is 16.0 Å². The summed E-state index contributed by atoms with van der Waals surface area (Å²) >= 11 is 0. The Kier molecular flexibility index (Phi) is 8.70. The highest BCUT2D eigenvalue weighted by molar-refractivity contribution is 5.99.